The molecule has 6 nitrogen and oxygen atoms in total. The van der Waals surface area contributed by atoms with E-state index in [4.69, 9.17) is 0 Å². The molecule has 0 aromatic heterocycles. The number of nitro benzene ring substituents is 1. The van der Waals surface area contributed by atoms with E-state index in [-0.39, 0.29) is 24.1 Å². The molecule has 0 saturated carbocycles. The zero-order valence-electron chi connectivity index (χ0n) is 11.8. The molecule has 1 heterocycles. The topological polar surface area (TPSA) is 84.3 Å². The van der Waals surface area contributed by atoms with Crippen LogP contribution in [0.1, 0.15) is 18.9 Å². The summed E-state index contributed by atoms with van der Waals surface area (Å²) in [5.41, 5.74) is 0.755. The Hall–Kier alpha value is -1.47. The Balaban J connectivity index is 1.97. The van der Waals surface area contributed by atoms with Crippen LogP contribution >= 0.6 is 15.9 Å². The van der Waals surface area contributed by atoms with Crippen molar-refractivity contribution in [1.29, 1.82) is 0 Å². The van der Waals surface area contributed by atoms with Gasteiger partial charge in [-0.2, -0.15) is 0 Å². The van der Waals surface area contributed by atoms with Crippen LogP contribution < -0.4 is 10.6 Å². The molecule has 1 aromatic rings. The lowest BCUT2D eigenvalue weighted by molar-refractivity contribution is -0.384. The van der Waals surface area contributed by atoms with Crippen LogP contribution in [0.3, 0.4) is 0 Å². The second kappa shape index (κ2) is 7.00. The van der Waals surface area contributed by atoms with Crippen molar-refractivity contribution in [3.63, 3.8) is 0 Å². The molecule has 114 valence electrons. The maximum atomic E-state index is 12.1. The number of benzene rings is 1. The maximum absolute atomic E-state index is 12.1. The second-order valence-electron chi connectivity index (χ2n) is 5.35. The molecule has 1 aromatic carbocycles. The molecule has 0 aliphatic carbocycles. The standard InChI is InChI=1S/C14H18BrN3O3/c1-9-4-5-16-8-13(9)17-14(19)6-10-2-3-11(18(20)21)7-12(10)15/h2-3,7,9,13,16H,4-6,8H2,1H3,(H,17,19). The van der Waals surface area contributed by atoms with Crippen molar-refractivity contribution in [2.45, 2.75) is 25.8 Å². The lowest BCUT2D eigenvalue weighted by Gasteiger charge is -2.30. The highest BCUT2D eigenvalue weighted by Crippen LogP contribution is 2.23. The first kappa shape index (κ1) is 15.9. The first-order chi connectivity index (χ1) is 9.97. The molecule has 2 atom stereocenters. The van der Waals surface area contributed by atoms with E-state index in [9.17, 15) is 14.9 Å². The van der Waals surface area contributed by atoms with Crippen LogP contribution in [-0.4, -0.2) is 30.0 Å². The lowest BCUT2D eigenvalue weighted by atomic mass is 9.94. The number of carbonyl (C=O) groups is 1. The van der Waals surface area contributed by atoms with Gasteiger partial charge in [-0.25, -0.2) is 0 Å². The second-order valence-corrected chi connectivity index (χ2v) is 6.21. The average Bonchev–Trinajstić information content (AvgIpc) is 2.43. The molecule has 1 fully saturated rings. The van der Waals surface area contributed by atoms with Crippen LogP contribution in [0, 0.1) is 16.0 Å². The third kappa shape index (κ3) is 4.25. The molecule has 0 bridgehead atoms. The first-order valence-corrected chi connectivity index (χ1v) is 7.69. The molecular weight excluding hydrogens is 338 g/mol. The van der Waals surface area contributed by atoms with Crippen molar-refractivity contribution < 1.29 is 9.72 Å². The molecule has 1 aliphatic rings. The number of piperidine rings is 1. The van der Waals surface area contributed by atoms with Gasteiger partial charge in [0, 0.05) is 29.2 Å². The van der Waals surface area contributed by atoms with Gasteiger partial charge in [0.1, 0.15) is 0 Å². The predicted molar refractivity (Wildman–Crippen MR) is 83.1 cm³/mol. The van der Waals surface area contributed by atoms with E-state index < -0.39 is 4.92 Å². The number of halogens is 1. The number of amides is 1. The van der Waals surface area contributed by atoms with E-state index in [0.29, 0.717) is 10.4 Å². The van der Waals surface area contributed by atoms with Gasteiger partial charge >= 0.3 is 0 Å². The molecule has 2 unspecified atom stereocenters. The predicted octanol–water partition coefficient (Wildman–Crippen LogP) is 2.01. The Kier molecular flexibility index (Phi) is 5.30. The van der Waals surface area contributed by atoms with E-state index in [1.165, 1.54) is 12.1 Å². The highest BCUT2D eigenvalue weighted by Gasteiger charge is 2.23. The van der Waals surface area contributed by atoms with Crippen LogP contribution in [-0.2, 0) is 11.2 Å². The van der Waals surface area contributed by atoms with E-state index in [0.717, 1.165) is 25.1 Å². The summed E-state index contributed by atoms with van der Waals surface area (Å²) in [7, 11) is 0. The Morgan fingerprint density at radius 2 is 2.33 bits per heavy atom. The van der Waals surface area contributed by atoms with Gasteiger partial charge in [-0.3, -0.25) is 14.9 Å². The summed E-state index contributed by atoms with van der Waals surface area (Å²) in [4.78, 5) is 22.3. The minimum atomic E-state index is -0.454. The Bertz CT molecular complexity index is 550. The molecule has 2 rings (SSSR count). The van der Waals surface area contributed by atoms with Gasteiger partial charge in [0.2, 0.25) is 5.91 Å². The molecule has 0 radical (unpaired) electrons. The van der Waals surface area contributed by atoms with Gasteiger partial charge < -0.3 is 10.6 Å². The third-order valence-electron chi connectivity index (χ3n) is 3.77. The summed E-state index contributed by atoms with van der Waals surface area (Å²) in [6.45, 7) is 3.91. The van der Waals surface area contributed by atoms with Gasteiger partial charge in [-0.05, 0) is 24.4 Å². The van der Waals surface area contributed by atoms with Crippen LogP contribution in [0.4, 0.5) is 5.69 Å². The van der Waals surface area contributed by atoms with Crippen LogP contribution in [0.25, 0.3) is 0 Å². The molecule has 21 heavy (non-hydrogen) atoms. The Morgan fingerprint density at radius 1 is 1.57 bits per heavy atom. The fraction of sp³-hybridized carbons (Fsp3) is 0.500. The fourth-order valence-corrected chi connectivity index (χ4v) is 2.91. The zero-order valence-corrected chi connectivity index (χ0v) is 13.4. The number of nitrogens with one attached hydrogen (secondary N) is 2. The van der Waals surface area contributed by atoms with Crippen molar-refractivity contribution >= 4 is 27.5 Å². The number of nitrogens with zero attached hydrogens (tertiary/aromatic N) is 1. The molecule has 2 N–H and O–H groups in total. The molecule has 1 saturated heterocycles. The van der Waals surface area contributed by atoms with Crippen molar-refractivity contribution in [1.82, 2.24) is 10.6 Å². The highest BCUT2D eigenvalue weighted by atomic mass is 79.9. The van der Waals surface area contributed by atoms with Gasteiger partial charge in [0.15, 0.2) is 0 Å². The highest BCUT2D eigenvalue weighted by molar-refractivity contribution is 9.10. The molecule has 1 amide bonds. The van der Waals surface area contributed by atoms with Gasteiger partial charge in [-0.1, -0.05) is 28.9 Å². The minimum absolute atomic E-state index is 0.0103. The first-order valence-electron chi connectivity index (χ1n) is 6.90. The van der Waals surface area contributed by atoms with Gasteiger partial charge in [-0.15, -0.1) is 0 Å². The summed E-state index contributed by atoms with van der Waals surface area (Å²) in [5.74, 6) is 0.389. The molecular formula is C14H18BrN3O3. The SMILES string of the molecule is CC1CCNCC1NC(=O)Cc1ccc([N+](=O)[O-])cc1Br. The quantitative estimate of drug-likeness (QED) is 0.639. The summed E-state index contributed by atoms with van der Waals surface area (Å²) in [6, 6.07) is 4.60. The Labute approximate surface area is 131 Å². The van der Waals surface area contributed by atoms with E-state index in [1.54, 1.807) is 6.07 Å². The summed E-state index contributed by atoms with van der Waals surface area (Å²) >= 11 is 3.28. The van der Waals surface area contributed by atoms with Crippen molar-refractivity contribution in [2.24, 2.45) is 5.92 Å². The van der Waals surface area contributed by atoms with Crippen molar-refractivity contribution in [3.8, 4) is 0 Å². The largest absolute Gasteiger partial charge is 0.352 e. The number of rotatable bonds is 4. The van der Waals surface area contributed by atoms with Crippen LogP contribution in [0.2, 0.25) is 0 Å². The smallest absolute Gasteiger partial charge is 0.270 e. The van der Waals surface area contributed by atoms with E-state index in [1.807, 2.05) is 0 Å². The summed E-state index contributed by atoms with van der Waals surface area (Å²) in [5, 5.41) is 17.0. The molecule has 1 aliphatic heterocycles. The number of nitro groups is 1. The lowest BCUT2D eigenvalue weighted by Crippen LogP contribution is -2.50. The fourth-order valence-electron chi connectivity index (χ4n) is 2.41. The number of non-ortho nitro benzene ring substituents is 1. The van der Waals surface area contributed by atoms with Gasteiger partial charge in [0.05, 0.1) is 11.3 Å². The monoisotopic (exact) mass is 355 g/mol. The number of carbonyl (C=O) groups excluding carboxylic acids is 1. The molecule has 0 spiro atoms. The normalized spacial score (nSPS) is 21.8. The number of hydrogen-bond acceptors (Lipinski definition) is 4. The third-order valence-corrected chi connectivity index (χ3v) is 4.51. The zero-order chi connectivity index (χ0) is 15.4. The summed E-state index contributed by atoms with van der Waals surface area (Å²) in [6.07, 6.45) is 1.26. The molecule has 7 heteroatoms. The van der Waals surface area contributed by atoms with Crippen LogP contribution in [0.5, 0.6) is 0 Å². The average molecular weight is 356 g/mol. The van der Waals surface area contributed by atoms with E-state index in [2.05, 4.69) is 33.5 Å². The maximum Gasteiger partial charge on any atom is 0.270 e. The van der Waals surface area contributed by atoms with Crippen molar-refractivity contribution in [3.05, 3.63) is 38.3 Å². The van der Waals surface area contributed by atoms with E-state index >= 15 is 0 Å². The number of hydrogen-bond donors (Lipinski definition) is 2. The minimum Gasteiger partial charge on any atom is -0.352 e. The van der Waals surface area contributed by atoms with Crippen LogP contribution in [0.15, 0.2) is 22.7 Å². The Morgan fingerprint density at radius 3 is 2.95 bits per heavy atom. The van der Waals surface area contributed by atoms with Crippen molar-refractivity contribution in [2.75, 3.05) is 13.1 Å². The summed E-state index contributed by atoms with van der Waals surface area (Å²) < 4.78 is 0.585. The van der Waals surface area contributed by atoms with Gasteiger partial charge in [0.25, 0.3) is 5.69 Å².